The Labute approximate surface area is 171 Å². The highest BCUT2D eigenvalue weighted by Gasteiger charge is 2.42. The quantitative estimate of drug-likeness (QED) is 0.712. The average Bonchev–Trinajstić information content (AvgIpc) is 2.94. The standard InChI is InChI=1S/C20H16Cl2FN3O2/c21-15-12-14(6-7-16(15)23)26-19(27)17(22)18(20(26)28)25-10-8-24(9-11-25)13-4-2-1-3-5-13/h1-7,12H,8-11H2. The summed E-state index contributed by atoms with van der Waals surface area (Å²) in [6.07, 6.45) is 0. The van der Waals surface area contributed by atoms with Crippen LogP contribution in [0.15, 0.2) is 59.3 Å². The molecule has 2 aromatic carbocycles. The van der Waals surface area contributed by atoms with Gasteiger partial charge < -0.3 is 9.80 Å². The van der Waals surface area contributed by atoms with Crippen LogP contribution in [0.4, 0.5) is 15.8 Å². The summed E-state index contributed by atoms with van der Waals surface area (Å²) >= 11 is 12.0. The van der Waals surface area contributed by atoms with Gasteiger partial charge in [-0.2, -0.15) is 0 Å². The summed E-state index contributed by atoms with van der Waals surface area (Å²) < 4.78 is 13.4. The molecule has 28 heavy (non-hydrogen) atoms. The van der Waals surface area contributed by atoms with Crippen LogP contribution in [0.2, 0.25) is 5.02 Å². The monoisotopic (exact) mass is 419 g/mol. The van der Waals surface area contributed by atoms with E-state index >= 15 is 0 Å². The molecule has 1 saturated heterocycles. The molecule has 2 aromatic rings. The van der Waals surface area contributed by atoms with Crippen molar-refractivity contribution in [2.45, 2.75) is 0 Å². The lowest BCUT2D eigenvalue weighted by molar-refractivity contribution is -0.121. The highest BCUT2D eigenvalue weighted by atomic mass is 35.5. The Hall–Kier alpha value is -2.57. The Kier molecular flexibility index (Phi) is 5.00. The normalized spacial score (nSPS) is 17.8. The molecule has 0 bridgehead atoms. The van der Waals surface area contributed by atoms with Gasteiger partial charge >= 0.3 is 0 Å². The van der Waals surface area contributed by atoms with Crippen molar-refractivity contribution in [3.63, 3.8) is 0 Å². The molecule has 0 N–H and O–H groups in total. The van der Waals surface area contributed by atoms with E-state index in [0.29, 0.717) is 26.2 Å². The third-order valence-electron chi connectivity index (χ3n) is 4.88. The molecule has 0 unspecified atom stereocenters. The van der Waals surface area contributed by atoms with Gasteiger partial charge in [-0.1, -0.05) is 41.4 Å². The van der Waals surface area contributed by atoms with Crippen molar-refractivity contribution in [2.75, 3.05) is 36.0 Å². The minimum atomic E-state index is -0.630. The van der Waals surface area contributed by atoms with Gasteiger partial charge in [-0.3, -0.25) is 9.59 Å². The number of carbonyl (C=O) groups excluding carboxylic acids is 2. The number of piperazine rings is 1. The van der Waals surface area contributed by atoms with Crippen molar-refractivity contribution in [3.05, 3.63) is 70.1 Å². The van der Waals surface area contributed by atoms with Gasteiger partial charge in [0.2, 0.25) is 0 Å². The van der Waals surface area contributed by atoms with Crippen LogP contribution in [0.1, 0.15) is 0 Å². The first-order valence-electron chi connectivity index (χ1n) is 8.76. The van der Waals surface area contributed by atoms with E-state index in [1.54, 1.807) is 0 Å². The van der Waals surface area contributed by atoms with Crippen LogP contribution in [-0.4, -0.2) is 42.9 Å². The number of para-hydroxylation sites is 1. The number of nitrogens with zero attached hydrogens (tertiary/aromatic N) is 3. The largest absolute Gasteiger partial charge is 0.368 e. The van der Waals surface area contributed by atoms with E-state index in [0.717, 1.165) is 16.7 Å². The molecule has 0 atom stereocenters. The molecule has 1 fully saturated rings. The molecule has 2 amide bonds. The van der Waals surface area contributed by atoms with Gasteiger partial charge in [0.05, 0.1) is 10.7 Å². The van der Waals surface area contributed by atoms with Crippen molar-refractivity contribution in [1.82, 2.24) is 4.90 Å². The fraction of sp³-hybridized carbons (Fsp3) is 0.200. The zero-order valence-corrected chi connectivity index (χ0v) is 16.3. The number of benzene rings is 2. The molecule has 5 nitrogen and oxygen atoms in total. The van der Waals surface area contributed by atoms with Gasteiger partial charge in [0.25, 0.3) is 11.8 Å². The molecule has 2 aliphatic heterocycles. The second kappa shape index (κ2) is 7.45. The molecule has 0 saturated carbocycles. The van der Waals surface area contributed by atoms with E-state index < -0.39 is 17.6 Å². The van der Waals surface area contributed by atoms with Gasteiger partial charge in [-0.25, -0.2) is 9.29 Å². The van der Waals surface area contributed by atoms with E-state index in [-0.39, 0.29) is 21.4 Å². The van der Waals surface area contributed by atoms with Gasteiger partial charge in [-0.05, 0) is 30.3 Å². The Bertz CT molecular complexity index is 973. The summed E-state index contributed by atoms with van der Waals surface area (Å²) in [7, 11) is 0. The zero-order chi connectivity index (χ0) is 19.8. The van der Waals surface area contributed by atoms with Gasteiger partial charge in [0, 0.05) is 31.9 Å². The Morgan fingerprint density at radius 2 is 1.43 bits per heavy atom. The van der Waals surface area contributed by atoms with Crippen molar-refractivity contribution in [1.29, 1.82) is 0 Å². The van der Waals surface area contributed by atoms with E-state index in [1.807, 2.05) is 35.2 Å². The molecule has 0 radical (unpaired) electrons. The van der Waals surface area contributed by atoms with E-state index in [2.05, 4.69) is 4.90 Å². The Balaban J connectivity index is 1.53. The van der Waals surface area contributed by atoms with Gasteiger partial charge in [-0.15, -0.1) is 0 Å². The van der Waals surface area contributed by atoms with Gasteiger partial charge in [0.15, 0.2) is 0 Å². The fourth-order valence-corrected chi connectivity index (χ4v) is 3.91. The Morgan fingerprint density at radius 1 is 0.786 bits per heavy atom. The summed E-state index contributed by atoms with van der Waals surface area (Å²) in [6, 6.07) is 13.7. The first-order valence-corrected chi connectivity index (χ1v) is 9.51. The minimum absolute atomic E-state index is 0.126. The van der Waals surface area contributed by atoms with Crippen molar-refractivity contribution in [2.24, 2.45) is 0 Å². The fourth-order valence-electron chi connectivity index (χ4n) is 3.45. The molecule has 8 heteroatoms. The zero-order valence-electron chi connectivity index (χ0n) is 14.7. The SMILES string of the molecule is O=C1C(Cl)=C(N2CCN(c3ccccc3)CC2)C(=O)N1c1ccc(F)c(Cl)c1. The number of anilines is 2. The van der Waals surface area contributed by atoms with Crippen LogP contribution in [0.25, 0.3) is 0 Å². The lowest BCUT2D eigenvalue weighted by atomic mass is 10.2. The summed E-state index contributed by atoms with van der Waals surface area (Å²) in [5.41, 5.74) is 1.48. The molecular formula is C20H16Cl2FN3O2. The van der Waals surface area contributed by atoms with Crippen molar-refractivity contribution < 1.29 is 14.0 Å². The predicted octanol–water partition coefficient (Wildman–Crippen LogP) is 3.62. The second-order valence-corrected chi connectivity index (χ2v) is 7.30. The number of rotatable bonds is 3. The van der Waals surface area contributed by atoms with Crippen molar-refractivity contribution >= 4 is 46.4 Å². The van der Waals surface area contributed by atoms with Crippen LogP contribution in [0, 0.1) is 5.82 Å². The lowest BCUT2D eigenvalue weighted by Gasteiger charge is -2.37. The van der Waals surface area contributed by atoms with Crippen LogP contribution in [-0.2, 0) is 9.59 Å². The molecular weight excluding hydrogens is 404 g/mol. The van der Waals surface area contributed by atoms with E-state index in [4.69, 9.17) is 23.2 Å². The third kappa shape index (κ3) is 3.23. The molecule has 2 heterocycles. The molecule has 2 aliphatic rings. The van der Waals surface area contributed by atoms with Crippen LogP contribution in [0.3, 0.4) is 0 Å². The highest BCUT2D eigenvalue weighted by Crippen LogP contribution is 2.33. The molecule has 0 aliphatic carbocycles. The van der Waals surface area contributed by atoms with E-state index in [9.17, 15) is 14.0 Å². The minimum Gasteiger partial charge on any atom is -0.368 e. The Morgan fingerprint density at radius 3 is 2.07 bits per heavy atom. The number of imide groups is 1. The maximum absolute atomic E-state index is 13.4. The number of amides is 2. The summed E-state index contributed by atoms with van der Waals surface area (Å²) in [6.45, 7) is 2.50. The third-order valence-corrected chi connectivity index (χ3v) is 5.51. The van der Waals surface area contributed by atoms with Crippen LogP contribution >= 0.6 is 23.2 Å². The molecule has 0 aromatic heterocycles. The number of halogens is 3. The predicted molar refractivity (Wildman–Crippen MR) is 107 cm³/mol. The maximum atomic E-state index is 13.4. The first kappa shape index (κ1) is 18.8. The van der Waals surface area contributed by atoms with Gasteiger partial charge in [0.1, 0.15) is 16.5 Å². The summed E-state index contributed by atoms with van der Waals surface area (Å²) in [5.74, 6) is -1.78. The highest BCUT2D eigenvalue weighted by molar-refractivity contribution is 6.52. The lowest BCUT2D eigenvalue weighted by Crippen LogP contribution is -2.47. The second-order valence-electron chi connectivity index (χ2n) is 6.52. The van der Waals surface area contributed by atoms with Crippen LogP contribution in [0.5, 0.6) is 0 Å². The molecule has 4 rings (SSSR count). The van der Waals surface area contributed by atoms with Crippen molar-refractivity contribution in [3.8, 4) is 0 Å². The molecule has 144 valence electrons. The average molecular weight is 420 g/mol. The maximum Gasteiger partial charge on any atom is 0.283 e. The molecule has 0 spiro atoms. The number of carbonyl (C=O) groups is 2. The smallest absolute Gasteiger partial charge is 0.283 e. The summed E-state index contributed by atoms with van der Waals surface area (Å²) in [5, 5.41) is -0.294. The summed E-state index contributed by atoms with van der Waals surface area (Å²) in [4.78, 5) is 30.5. The van der Waals surface area contributed by atoms with E-state index in [1.165, 1.54) is 12.1 Å². The first-order chi connectivity index (χ1) is 13.5. The topological polar surface area (TPSA) is 43.9 Å². The number of hydrogen-bond acceptors (Lipinski definition) is 4. The van der Waals surface area contributed by atoms with Crippen LogP contribution < -0.4 is 9.80 Å². The number of hydrogen-bond donors (Lipinski definition) is 0.